The summed E-state index contributed by atoms with van der Waals surface area (Å²) in [5.74, 6) is 0.271. The molecule has 2 aromatic rings. The van der Waals surface area contributed by atoms with Crippen LogP contribution in [0.1, 0.15) is 51.3 Å². The number of nitrogens with zero attached hydrogens (tertiary/aromatic N) is 6. The molecule has 1 aromatic carbocycles. The van der Waals surface area contributed by atoms with Gasteiger partial charge in [0.15, 0.2) is 17.5 Å². The van der Waals surface area contributed by atoms with E-state index in [0.29, 0.717) is 47.4 Å². The number of aliphatic imine (C=N–C) groups is 2. The molecule has 0 spiro atoms. The van der Waals surface area contributed by atoms with Crippen LogP contribution < -0.4 is 10.6 Å². The fourth-order valence-electron chi connectivity index (χ4n) is 5.58. The molecule has 1 aromatic heterocycles. The van der Waals surface area contributed by atoms with Gasteiger partial charge in [-0.1, -0.05) is 43.5 Å². The average molecular weight is 580 g/mol. The molecule has 9 nitrogen and oxygen atoms in total. The number of benzene rings is 1. The zero-order valence-electron chi connectivity index (χ0n) is 22.2. The van der Waals surface area contributed by atoms with E-state index in [-0.39, 0.29) is 30.6 Å². The maximum absolute atomic E-state index is 13.9. The van der Waals surface area contributed by atoms with Crippen LogP contribution in [0.25, 0.3) is 11.3 Å². The molecule has 1 saturated heterocycles. The van der Waals surface area contributed by atoms with E-state index in [0.717, 1.165) is 25.7 Å². The number of alkyl halides is 3. The molecule has 1 atom stereocenters. The third-order valence-corrected chi connectivity index (χ3v) is 7.82. The molecule has 2 fully saturated rings. The molecule has 1 aliphatic heterocycles. The summed E-state index contributed by atoms with van der Waals surface area (Å²) in [5, 5.41) is 9.52. The molecular weight excluding hydrogens is 547 g/mol. The lowest BCUT2D eigenvalue weighted by Crippen LogP contribution is -2.48. The Labute approximate surface area is 236 Å². The number of amidine groups is 1. The van der Waals surface area contributed by atoms with Crippen LogP contribution >= 0.6 is 11.6 Å². The van der Waals surface area contributed by atoms with Crippen LogP contribution in [0.4, 0.5) is 29.5 Å². The lowest BCUT2D eigenvalue weighted by molar-refractivity contribution is -0.175. The van der Waals surface area contributed by atoms with Gasteiger partial charge in [0.1, 0.15) is 17.4 Å². The SMILES string of the molecule is C=Nc1nc(/C(N)=N/C(=O)O)nc(-c2cccc(Cl)c2)c1N(CC1CCC(C)CC1)CN1CCC[C@H]1C(F)(F)F. The molecule has 3 N–H and O–H groups in total. The number of halogens is 4. The van der Waals surface area contributed by atoms with E-state index in [9.17, 15) is 18.0 Å². The summed E-state index contributed by atoms with van der Waals surface area (Å²) < 4.78 is 41.8. The minimum atomic E-state index is -4.36. The predicted octanol–water partition coefficient (Wildman–Crippen LogP) is 6.13. The molecule has 1 aliphatic carbocycles. The summed E-state index contributed by atoms with van der Waals surface area (Å²) in [6.07, 6.45) is -1.45. The van der Waals surface area contributed by atoms with E-state index in [1.165, 1.54) is 4.90 Å². The summed E-state index contributed by atoms with van der Waals surface area (Å²) >= 11 is 6.30. The molecule has 0 unspecified atom stereocenters. The standard InChI is InChI=1S/C27H33ClF3N7O2/c1-16-8-10-17(11-9-16)14-38(15-37-12-4-7-20(37)27(29,30)31)22-21(18-5-3-6-19(28)13-18)34-25(36-24(22)33-2)23(32)35-26(39)40/h3,5-6,13,16-17,20H,2,4,7-12,14-15H2,1H3,(H2,32,35)(H,39,40)/t16?,17?,20-/m0/s1. The number of likely N-dealkylation sites (tertiary alicyclic amines) is 1. The fourth-order valence-corrected chi connectivity index (χ4v) is 5.77. The fraction of sp³-hybridized carbons (Fsp3) is 0.519. The summed E-state index contributed by atoms with van der Waals surface area (Å²) in [7, 11) is 0. The van der Waals surface area contributed by atoms with Crippen molar-refractivity contribution in [3.05, 3.63) is 35.1 Å². The van der Waals surface area contributed by atoms with Crippen LogP contribution in [0.3, 0.4) is 0 Å². The van der Waals surface area contributed by atoms with Gasteiger partial charge in [0.2, 0.25) is 0 Å². The molecule has 4 rings (SSSR count). The summed E-state index contributed by atoms with van der Waals surface area (Å²) in [5.41, 5.74) is 7.11. The zero-order valence-corrected chi connectivity index (χ0v) is 23.0. The van der Waals surface area contributed by atoms with Crippen molar-refractivity contribution in [2.24, 2.45) is 27.6 Å². The van der Waals surface area contributed by atoms with Crippen molar-refractivity contribution in [2.75, 3.05) is 24.7 Å². The molecule has 1 amide bonds. The van der Waals surface area contributed by atoms with E-state index < -0.39 is 24.1 Å². The van der Waals surface area contributed by atoms with E-state index in [1.54, 1.807) is 24.3 Å². The first-order valence-electron chi connectivity index (χ1n) is 13.2. The maximum atomic E-state index is 13.9. The molecule has 13 heteroatoms. The highest BCUT2D eigenvalue weighted by atomic mass is 35.5. The number of anilines is 1. The van der Waals surface area contributed by atoms with Gasteiger partial charge >= 0.3 is 12.3 Å². The van der Waals surface area contributed by atoms with Gasteiger partial charge in [0.05, 0.1) is 6.67 Å². The van der Waals surface area contributed by atoms with Gasteiger partial charge < -0.3 is 15.7 Å². The van der Waals surface area contributed by atoms with E-state index in [4.69, 9.17) is 22.4 Å². The molecule has 1 saturated carbocycles. The lowest BCUT2D eigenvalue weighted by atomic mass is 9.83. The minimum Gasteiger partial charge on any atom is -0.463 e. The Morgan fingerprint density at radius 2 is 1.98 bits per heavy atom. The van der Waals surface area contributed by atoms with Gasteiger partial charge in [-0.25, -0.2) is 19.8 Å². The number of aromatic nitrogens is 2. The van der Waals surface area contributed by atoms with E-state index in [2.05, 4.69) is 33.6 Å². The van der Waals surface area contributed by atoms with Crippen molar-refractivity contribution < 1.29 is 23.1 Å². The van der Waals surface area contributed by atoms with Crippen molar-refractivity contribution in [3.8, 4) is 11.3 Å². The first-order valence-corrected chi connectivity index (χ1v) is 13.6. The van der Waals surface area contributed by atoms with Crippen LogP contribution in [0.15, 0.2) is 34.3 Å². The van der Waals surface area contributed by atoms with Gasteiger partial charge in [-0.05, 0) is 56.4 Å². The van der Waals surface area contributed by atoms with Crippen molar-refractivity contribution in [3.63, 3.8) is 0 Å². The third-order valence-electron chi connectivity index (χ3n) is 7.58. The highest BCUT2D eigenvalue weighted by molar-refractivity contribution is 6.30. The van der Waals surface area contributed by atoms with Crippen LogP contribution in [0.5, 0.6) is 0 Å². The second-order valence-corrected chi connectivity index (χ2v) is 11.0. The second kappa shape index (κ2) is 12.5. The highest BCUT2D eigenvalue weighted by Crippen LogP contribution is 2.41. The molecule has 2 aliphatic rings. The molecule has 0 bridgehead atoms. The van der Waals surface area contributed by atoms with Crippen LogP contribution in [-0.2, 0) is 0 Å². The van der Waals surface area contributed by atoms with E-state index >= 15 is 0 Å². The number of rotatable bonds is 8. The zero-order chi connectivity index (χ0) is 29.0. The number of carboxylic acid groups (broad SMARTS) is 1. The largest absolute Gasteiger partial charge is 0.463 e. The predicted molar refractivity (Wildman–Crippen MR) is 150 cm³/mol. The maximum Gasteiger partial charge on any atom is 0.433 e. The molecule has 216 valence electrons. The van der Waals surface area contributed by atoms with Crippen molar-refractivity contribution in [1.29, 1.82) is 0 Å². The van der Waals surface area contributed by atoms with E-state index in [1.807, 2.05) is 4.90 Å². The Morgan fingerprint density at radius 1 is 1.25 bits per heavy atom. The number of hydrogen-bond acceptors (Lipinski definition) is 6. The molecule has 40 heavy (non-hydrogen) atoms. The highest BCUT2D eigenvalue weighted by Gasteiger charge is 2.46. The Bertz CT molecular complexity index is 1270. The number of nitrogens with two attached hydrogens (primary N) is 1. The van der Waals surface area contributed by atoms with Crippen molar-refractivity contribution >= 4 is 41.8 Å². The molecule has 0 radical (unpaired) electrons. The smallest absolute Gasteiger partial charge is 0.433 e. The second-order valence-electron chi connectivity index (χ2n) is 10.5. The Morgan fingerprint density at radius 3 is 2.60 bits per heavy atom. The van der Waals surface area contributed by atoms with Crippen molar-refractivity contribution in [1.82, 2.24) is 14.9 Å². The van der Waals surface area contributed by atoms with Crippen molar-refractivity contribution in [2.45, 2.75) is 57.7 Å². The first kappa shape index (κ1) is 29.7. The number of hydrogen-bond donors (Lipinski definition) is 2. The lowest BCUT2D eigenvalue weighted by Gasteiger charge is -2.38. The summed E-state index contributed by atoms with van der Waals surface area (Å²) in [6, 6.07) is 5.23. The summed E-state index contributed by atoms with van der Waals surface area (Å²) in [6.45, 7) is 6.59. The molecular formula is C27H33ClF3N7O2. The number of amides is 1. The van der Waals surface area contributed by atoms with Gasteiger partial charge in [-0.3, -0.25) is 4.90 Å². The average Bonchev–Trinajstić information content (AvgIpc) is 3.37. The van der Waals surface area contributed by atoms with Gasteiger partial charge in [0, 0.05) is 23.7 Å². The quantitative estimate of drug-likeness (QED) is 0.285. The Balaban J connectivity index is 1.87. The first-order chi connectivity index (χ1) is 19.0. The summed E-state index contributed by atoms with van der Waals surface area (Å²) in [4.78, 5) is 30.8. The third kappa shape index (κ3) is 7.08. The Hall–Kier alpha value is -3.25. The topological polar surface area (TPSA) is 120 Å². The van der Waals surface area contributed by atoms with Gasteiger partial charge in [-0.2, -0.15) is 18.2 Å². The number of carbonyl (C=O) groups is 1. The minimum absolute atomic E-state index is 0.0201. The Kier molecular flexibility index (Phi) is 9.29. The normalized spacial score (nSPS) is 22.3. The monoisotopic (exact) mass is 579 g/mol. The van der Waals surface area contributed by atoms with Crippen LogP contribution in [-0.4, -0.2) is 70.6 Å². The van der Waals surface area contributed by atoms with Crippen LogP contribution in [0, 0.1) is 11.8 Å². The van der Waals surface area contributed by atoms with Crippen LogP contribution in [0.2, 0.25) is 5.02 Å². The van der Waals surface area contributed by atoms with Gasteiger partial charge in [0.25, 0.3) is 0 Å². The van der Waals surface area contributed by atoms with Gasteiger partial charge in [-0.15, -0.1) is 0 Å². The molecule has 2 heterocycles.